The van der Waals surface area contributed by atoms with E-state index in [9.17, 15) is 4.79 Å². The molecule has 0 radical (unpaired) electrons. The fourth-order valence-corrected chi connectivity index (χ4v) is 2.41. The van der Waals surface area contributed by atoms with Gasteiger partial charge in [0.1, 0.15) is 6.29 Å². The molecule has 0 bridgehead atoms. The molecule has 0 N–H and O–H groups in total. The van der Waals surface area contributed by atoms with Crippen molar-refractivity contribution in [2.24, 2.45) is 11.3 Å². The predicted octanol–water partition coefficient (Wildman–Crippen LogP) is 3.57. The van der Waals surface area contributed by atoms with Gasteiger partial charge in [-0.3, -0.25) is 0 Å². The van der Waals surface area contributed by atoms with Crippen LogP contribution in [0, 0.1) is 11.3 Å². The molecule has 1 atom stereocenters. The molecular formula is C12H22O. The number of hydrogen-bond donors (Lipinski definition) is 0. The Bertz CT molecular complexity index is 157. The lowest BCUT2D eigenvalue weighted by Crippen LogP contribution is -2.28. The summed E-state index contributed by atoms with van der Waals surface area (Å²) in [5.74, 6) is 0.650. The summed E-state index contributed by atoms with van der Waals surface area (Å²) < 4.78 is 0. The molecule has 1 saturated carbocycles. The first kappa shape index (κ1) is 10.7. The molecule has 1 nitrogen and oxygen atoms in total. The summed E-state index contributed by atoms with van der Waals surface area (Å²) in [5, 5.41) is 0. The summed E-state index contributed by atoms with van der Waals surface area (Å²) in [6.45, 7) is 4.27. The van der Waals surface area contributed by atoms with Crippen LogP contribution in [-0.2, 0) is 4.79 Å². The Morgan fingerprint density at radius 2 is 1.77 bits per heavy atom. The zero-order valence-corrected chi connectivity index (χ0v) is 9.01. The molecule has 1 unspecified atom stereocenters. The summed E-state index contributed by atoms with van der Waals surface area (Å²) in [6.07, 6.45) is 10.1. The van der Waals surface area contributed by atoms with Gasteiger partial charge in [-0.15, -0.1) is 0 Å². The summed E-state index contributed by atoms with van der Waals surface area (Å²) >= 11 is 0. The normalized spacial score (nSPS) is 24.8. The SMILES string of the molecule is CCC(C)(C=O)C1CCCCCC1. The summed E-state index contributed by atoms with van der Waals surface area (Å²) in [5.41, 5.74) is -0.0374. The minimum absolute atomic E-state index is 0.0374. The molecule has 0 aliphatic heterocycles. The Labute approximate surface area is 81.9 Å². The minimum Gasteiger partial charge on any atom is -0.303 e. The Morgan fingerprint density at radius 1 is 1.23 bits per heavy atom. The van der Waals surface area contributed by atoms with Crippen molar-refractivity contribution in [3.8, 4) is 0 Å². The molecule has 0 heterocycles. The van der Waals surface area contributed by atoms with E-state index >= 15 is 0 Å². The topological polar surface area (TPSA) is 17.1 Å². The lowest BCUT2D eigenvalue weighted by atomic mass is 9.72. The second-order valence-corrected chi connectivity index (χ2v) is 4.67. The van der Waals surface area contributed by atoms with Crippen molar-refractivity contribution in [3.63, 3.8) is 0 Å². The average molecular weight is 182 g/mol. The summed E-state index contributed by atoms with van der Waals surface area (Å²) in [7, 11) is 0. The molecule has 1 aliphatic carbocycles. The van der Waals surface area contributed by atoms with Gasteiger partial charge in [0.25, 0.3) is 0 Å². The highest BCUT2D eigenvalue weighted by Gasteiger charge is 2.32. The van der Waals surface area contributed by atoms with Crippen LogP contribution in [0.15, 0.2) is 0 Å². The van der Waals surface area contributed by atoms with Gasteiger partial charge in [-0.05, 0) is 25.2 Å². The Balaban J connectivity index is 2.60. The number of aldehydes is 1. The minimum atomic E-state index is -0.0374. The molecule has 0 spiro atoms. The van der Waals surface area contributed by atoms with Gasteiger partial charge in [0.15, 0.2) is 0 Å². The fraction of sp³-hybridized carbons (Fsp3) is 0.917. The Morgan fingerprint density at radius 3 is 2.15 bits per heavy atom. The highest BCUT2D eigenvalue weighted by atomic mass is 16.1. The van der Waals surface area contributed by atoms with E-state index in [1.165, 1.54) is 44.8 Å². The number of carbonyl (C=O) groups excluding carboxylic acids is 1. The van der Waals surface area contributed by atoms with Crippen LogP contribution in [0.3, 0.4) is 0 Å². The van der Waals surface area contributed by atoms with E-state index in [-0.39, 0.29) is 5.41 Å². The van der Waals surface area contributed by atoms with Gasteiger partial charge in [0, 0.05) is 5.41 Å². The third-order valence-electron chi connectivity index (χ3n) is 3.82. The van der Waals surface area contributed by atoms with Crippen LogP contribution in [0.4, 0.5) is 0 Å². The van der Waals surface area contributed by atoms with Crippen molar-refractivity contribution < 1.29 is 4.79 Å². The van der Waals surface area contributed by atoms with E-state index < -0.39 is 0 Å². The van der Waals surface area contributed by atoms with Crippen LogP contribution >= 0.6 is 0 Å². The summed E-state index contributed by atoms with van der Waals surface area (Å²) in [4.78, 5) is 11.1. The molecule has 1 fully saturated rings. The van der Waals surface area contributed by atoms with Gasteiger partial charge >= 0.3 is 0 Å². The first-order chi connectivity index (χ1) is 6.23. The molecule has 0 amide bonds. The van der Waals surface area contributed by atoms with Crippen LogP contribution in [0.1, 0.15) is 58.8 Å². The van der Waals surface area contributed by atoms with Crippen molar-refractivity contribution in [1.29, 1.82) is 0 Å². The standard InChI is InChI=1S/C12H22O/c1-3-12(2,10-13)11-8-6-4-5-7-9-11/h10-11H,3-9H2,1-2H3. The van der Waals surface area contributed by atoms with E-state index in [0.29, 0.717) is 5.92 Å². The van der Waals surface area contributed by atoms with Gasteiger partial charge < -0.3 is 4.79 Å². The third kappa shape index (κ3) is 2.55. The molecular weight excluding hydrogens is 160 g/mol. The zero-order chi connectivity index (χ0) is 9.73. The van der Waals surface area contributed by atoms with E-state index in [1.807, 2.05) is 0 Å². The quantitative estimate of drug-likeness (QED) is 0.481. The number of hydrogen-bond acceptors (Lipinski definition) is 1. The Kier molecular flexibility index (Phi) is 3.95. The molecule has 0 aromatic heterocycles. The van der Waals surface area contributed by atoms with Crippen LogP contribution < -0.4 is 0 Å². The van der Waals surface area contributed by atoms with Crippen LogP contribution in [0.25, 0.3) is 0 Å². The van der Waals surface area contributed by atoms with Crippen molar-refractivity contribution in [2.75, 3.05) is 0 Å². The monoisotopic (exact) mass is 182 g/mol. The first-order valence-electron chi connectivity index (χ1n) is 5.69. The van der Waals surface area contributed by atoms with Gasteiger partial charge in [-0.1, -0.05) is 39.5 Å². The average Bonchev–Trinajstić information content (AvgIpc) is 2.45. The molecule has 13 heavy (non-hydrogen) atoms. The van der Waals surface area contributed by atoms with Crippen LogP contribution in [0.5, 0.6) is 0 Å². The Hall–Kier alpha value is -0.330. The van der Waals surface area contributed by atoms with E-state index in [2.05, 4.69) is 13.8 Å². The van der Waals surface area contributed by atoms with E-state index in [4.69, 9.17) is 0 Å². The first-order valence-corrected chi connectivity index (χ1v) is 5.69. The molecule has 1 aliphatic rings. The summed E-state index contributed by atoms with van der Waals surface area (Å²) in [6, 6.07) is 0. The largest absolute Gasteiger partial charge is 0.303 e. The molecule has 1 heteroatoms. The van der Waals surface area contributed by atoms with Gasteiger partial charge in [-0.25, -0.2) is 0 Å². The molecule has 1 rings (SSSR count). The molecule has 0 aromatic carbocycles. The predicted molar refractivity (Wildman–Crippen MR) is 55.7 cm³/mol. The highest BCUT2D eigenvalue weighted by Crippen LogP contribution is 2.38. The molecule has 0 aromatic rings. The maximum Gasteiger partial charge on any atom is 0.126 e. The lowest BCUT2D eigenvalue weighted by molar-refractivity contribution is -0.118. The van der Waals surface area contributed by atoms with Crippen molar-refractivity contribution in [1.82, 2.24) is 0 Å². The molecule has 76 valence electrons. The third-order valence-corrected chi connectivity index (χ3v) is 3.82. The maximum absolute atomic E-state index is 11.1. The van der Waals surface area contributed by atoms with Crippen molar-refractivity contribution in [2.45, 2.75) is 58.8 Å². The number of carbonyl (C=O) groups is 1. The smallest absolute Gasteiger partial charge is 0.126 e. The second kappa shape index (κ2) is 4.78. The van der Waals surface area contributed by atoms with Gasteiger partial charge in [0.05, 0.1) is 0 Å². The van der Waals surface area contributed by atoms with Gasteiger partial charge in [-0.2, -0.15) is 0 Å². The van der Waals surface area contributed by atoms with E-state index in [1.54, 1.807) is 0 Å². The maximum atomic E-state index is 11.1. The number of rotatable bonds is 3. The zero-order valence-electron chi connectivity index (χ0n) is 9.01. The van der Waals surface area contributed by atoms with Gasteiger partial charge in [0.2, 0.25) is 0 Å². The fourth-order valence-electron chi connectivity index (χ4n) is 2.41. The second-order valence-electron chi connectivity index (χ2n) is 4.67. The van der Waals surface area contributed by atoms with Crippen molar-refractivity contribution in [3.05, 3.63) is 0 Å². The lowest BCUT2D eigenvalue weighted by Gasteiger charge is -2.31. The van der Waals surface area contributed by atoms with Crippen molar-refractivity contribution >= 4 is 6.29 Å². The molecule has 0 saturated heterocycles. The highest BCUT2D eigenvalue weighted by molar-refractivity contribution is 5.59. The van der Waals surface area contributed by atoms with Crippen LogP contribution in [-0.4, -0.2) is 6.29 Å². The van der Waals surface area contributed by atoms with Crippen LogP contribution in [0.2, 0.25) is 0 Å². The van der Waals surface area contributed by atoms with E-state index in [0.717, 1.165) is 6.42 Å².